The Morgan fingerprint density at radius 2 is 1.89 bits per heavy atom. The third kappa shape index (κ3) is 4.51. The molecule has 0 saturated carbocycles. The average molecular weight is 404 g/mol. The molecule has 0 fully saturated rings. The molecule has 3 rings (SSSR count). The molecule has 1 atom stereocenters. The maximum atomic E-state index is 12.8. The zero-order valence-corrected chi connectivity index (χ0v) is 16.7. The van der Waals surface area contributed by atoms with Gasteiger partial charge in [-0.25, -0.2) is 8.42 Å². The fourth-order valence-corrected chi connectivity index (χ4v) is 4.43. The minimum Gasteiger partial charge on any atom is -0.324 e. The van der Waals surface area contributed by atoms with Gasteiger partial charge >= 0.3 is 0 Å². The number of benzene rings is 2. The predicted octanol–water partition coefficient (Wildman–Crippen LogP) is 2.79. The van der Waals surface area contributed by atoms with E-state index in [1.54, 1.807) is 30.0 Å². The molecular formula is C19H21N3O3S2. The number of nitrogens with one attached hydrogen (secondary N) is 2. The van der Waals surface area contributed by atoms with Crippen LogP contribution in [0.5, 0.6) is 0 Å². The van der Waals surface area contributed by atoms with Crippen LogP contribution in [0.2, 0.25) is 0 Å². The Morgan fingerprint density at radius 3 is 2.59 bits per heavy atom. The van der Waals surface area contributed by atoms with Crippen molar-refractivity contribution in [3.05, 3.63) is 59.7 Å². The Balaban J connectivity index is 1.88. The van der Waals surface area contributed by atoms with Gasteiger partial charge in [0, 0.05) is 11.3 Å². The molecule has 27 heavy (non-hydrogen) atoms. The van der Waals surface area contributed by atoms with Crippen molar-refractivity contribution in [2.24, 2.45) is 4.99 Å². The minimum absolute atomic E-state index is 0.186. The largest absolute Gasteiger partial charge is 0.324 e. The van der Waals surface area contributed by atoms with Crippen LogP contribution < -0.4 is 10.0 Å². The minimum atomic E-state index is -3.63. The van der Waals surface area contributed by atoms with E-state index >= 15 is 0 Å². The lowest BCUT2D eigenvalue weighted by Crippen LogP contribution is -2.31. The van der Waals surface area contributed by atoms with E-state index in [9.17, 15) is 13.2 Å². The number of aryl methyl sites for hydroxylation is 1. The smallest absolute Gasteiger partial charge is 0.263 e. The van der Waals surface area contributed by atoms with Crippen molar-refractivity contribution in [1.82, 2.24) is 4.72 Å². The van der Waals surface area contributed by atoms with Gasteiger partial charge in [0.1, 0.15) is 11.9 Å². The Labute approximate surface area is 163 Å². The number of carbonyl (C=O) groups is 1. The Bertz CT molecular complexity index is 970. The van der Waals surface area contributed by atoms with Crippen LogP contribution in [-0.4, -0.2) is 38.2 Å². The quantitative estimate of drug-likeness (QED) is 0.776. The number of nitrogens with zero attached hydrogens (tertiary/aromatic N) is 1. The van der Waals surface area contributed by atoms with Crippen LogP contribution in [-0.2, 0) is 14.8 Å². The number of fused-ring (bicyclic) bond motifs is 1. The highest BCUT2D eigenvalue weighted by Gasteiger charge is 2.31. The summed E-state index contributed by atoms with van der Waals surface area (Å²) in [6.07, 6.45) is 2.46. The van der Waals surface area contributed by atoms with Crippen LogP contribution in [0.25, 0.3) is 0 Å². The standard InChI is InChI=1S/C19H21N3O3S2/c1-13-7-9-14(10-8-13)20-19(23)16(11-12-26-2)21-18-15-5-3-4-6-17(15)27(24,25)22-18/h3-10,16H,11-12H2,1-2H3,(H,20,23)(H,21,22)/t16-/m0/s1. The molecular weight excluding hydrogens is 382 g/mol. The first-order valence-corrected chi connectivity index (χ1v) is 11.3. The molecule has 0 spiro atoms. The summed E-state index contributed by atoms with van der Waals surface area (Å²) < 4.78 is 27.0. The topological polar surface area (TPSA) is 87.6 Å². The fraction of sp³-hybridized carbons (Fsp3) is 0.263. The lowest BCUT2D eigenvalue weighted by Gasteiger charge is -2.14. The van der Waals surface area contributed by atoms with Crippen LogP contribution in [0.15, 0.2) is 58.4 Å². The van der Waals surface area contributed by atoms with Crippen LogP contribution in [0.1, 0.15) is 17.5 Å². The molecule has 1 amide bonds. The van der Waals surface area contributed by atoms with E-state index in [0.717, 1.165) is 11.3 Å². The number of anilines is 1. The first-order valence-electron chi connectivity index (χ1n) is 8.47. The molecule has 1 heterocycles. The fourth-order valence-electron chi connectivity index (χ4n) is 2.73. The number of carbonyl (C=O) groups excluding carboxylic acids is 1. The number of hydrogen-bond acceptors (Lipinski definition) is 5. The van der Waals surface area contributed by atoms with E-state index in [1.165, 1.54) is 6.07 Å². The van der Waals surface area contributed by atoms with Crippen molar-refractivity contribution < 1.29 is 13.2 Å². The van der Waals surface area contributed by atoms with Gasteiger partial charge in [-0.05, 0) is 49.6 Å². The van der Waals surface area contributed by atoms with Crippen LogP contribution in [0.3, 0.4) is 0 Å². The third-order valence-corrected chi connectivity index (χ3v) is 6.21. The molecule has 0 bridgehead atoms. The normalized spacial score (nSPS) is 17.2. The maximum absolute atomic E-state index is 12.8. The van der Waals surface area contributed by atoms with Gasteiger partial charge in [-0.2, -0.15) is 11.8 Å². The number of amidine groups is 1. The highest BCUT2D eigenvalue weighted by Crippen LogP contribution is 2.23. The monoisotopic (exact) mass is 403 g/mol. The SMILES string of the molecule is CSCC[C@H](N=C1NS(=O)(=O)c2ccccc21)C(=O)Nc1ccc(C)cc1. The second kappa shape index (κ2) is 8.14. The number of hydrogen-bond donors (Lipinski definition) is 2. The van der Waals surface area contributed by atoms with Gasteiger partial charge in [0.25, 0.3) is 10.0 Å². The molecule has 0 aliphatic carbocycles. The number of amides is 1. The summed E-state index contributed by atoms with van der Waals surface area (Å²) in [4.78, 5) is 17.4. The number of aliphatic imine (C=N–C) groups is 1. The zero-order valence-electron chi connectivity index (χ0n) is 15.1. The molecule has 2 N–H and O–H groups in total. The van der Waals surface area contributed by atoms with E-state index in [4.69, 9.17) is 0 Å². The molecule has 8 heteroatoms. The molecule has 0 aromatic heterocycles. The van der Waals surface area contributed by atoms with Crippen molar-refractivity contribution in [2.75, 3.05) is 17.3 Å². The number of sulfonamides is 1. The van der Waals surface area contributed by atoms with Gasteiger partial charge < -0.3 is 5.32 Å². The summed E-state index contributed by atoms with van der Waals surface area (Å²) >= 11 is 1.61. The van der Waals surface area contributed by atoms with Crippen LogP contribution in [0, 0.1) is 6.92 Å². The summed E-state index contributed by atoms with van der Waals surface area (Å²) in [5, 5.41) is 2.86. The summed E-state index contributed by atoms with van der Waals surface area (Å²) in [5.41, 5.74) is 2.28. The van der Waals surface area contributed by atoms with Crippen molar-refractivity contribution in [3.8, 4) is 0 Å². The molecule has 0 radical (unpaired) electrons. The van der Waals surface area contributed by atoms with Crippen LogP contribution in [0.4, 0.5) is 5.69 Å². The average Bonchev–Trinajstić information content (AvgIpc) is 2.91. The van der Waals surface area contributed by atoms with E-state index in [1.807, 2.05) is 37.4 Å². The van der Waals surface area contributed by atoms with E-state index in [0.29, 0.717) is 17.7 Å². The molecule has 2 aromatic rings. The summed E-state index contributed by atoms with van der Waals surface area (Å²) in [5.74, 6) is 0.691. The predicted molar refractivity (Wildman–Crippen MR) is 110 cm³/mol. The van der Waals surface area contributed by atoms with Crippen molar-refractivity contribution in [2.45, 2.75) is 24.3 Å². The first kappa shape index (κ1) is 19.4. The lowest BCUT2D eigenvalue weighted by atomic mass is 10.1. The van der Waals surface area contributed by atoms with E-state index < -0.39 is 16.1 Å². The summed E-state index contributed by atoms with van der Waals surface area (Å²) in [6, 6.07) is 13.4. The van der Waals surface area contributed by atoms with E-state index in [2.05, 4.69) is 15.0 Å². The van der Waals surface area contributed by atoms with Gasteiger partial charge in [-0.15, -0.1) is 0 Å². The van der Waals surface area contributed by atoms with Gasteiger partial charge in [0.05, 0.1) is 4.90 Å². The molecule has 2 aromatic carbocycles. The van der Waals surface area contributed by atoms with Gasteiger partial charge in [0.2, 0.25) is 5.91 Å². The molecule has 0 unspecified atom stereocenters. The van der Waals surface area contributed by atoms with E-state index in [-0.39, 0.29) is 16.6 Å². The molecule has 0 saturated heterocycles. The summed E-state index contributed by atoms with van der Waals surface area (Å²) in [7, 11) is -3.63. The first-order chi connectivity index (χ1) is 12.9. The van der Waals surface area contributed by atoms with Gasteiger partial charge in [-0.3, -0.25) is 14.5 Å². The second-order valence-corrected chi connectivity index (χ2v) is 8.87. The summed E-state index contributed by atoms with van der Waals surface area (Å²) in [6.45, 7) is 1.97. The second-order valence-electron chi connectivity index (χ2n) is 6.23. The van der Waals surface area contributed by atoms with Crippen LogP contribution >= 0.6 is 11.8 Å². The Morgan fingerprint density at radius 1 is 1.19 bits per heavy atom. The molecule has 1 aliphatic rings. The maximum Gasteiger partial charge on any atom is 0.263 e. The number of thioether (sulfide) groups is 1. The Hall–Kier alpha value is -2.32. The Kier molecular flexibility index (Phi) is 5.86. The van der Waals surface area contributed by atoms with Crippen molar-refractivity contribution in [3.63, 3.8) is 0 Å². The number of rotatable bonds is 6. The zero-order chi connectivity index (χ0) is 19.4. The third-order valence-electron chi connectivity index (χ3n) is 4.16. The highest BCUT2D eigenvalue weighted by atomic mass is 32.2. The molecule has 1 aliphatic heterocycles. The van der Waals surface area contributed by atoms with Gasteiger partial charge in [0.15, 0.2) is 0 Å². The highest BCUT2D eigenvalue weighted by molar-refractivity contribution is 7.98. The van der Waals surface area contributed by atoms with Crippen molar-refractivity contribution in [1.29, 1.82) is 0 Å². The van der Waals surface area contributed by atoms with Crippen molar-refractivity contribution >= 4 is 39.2 Å². The molecule has 6 nitrogen and oxygen atoms in total. The molecule has 142 valence electrons. The van der Waals surface area contributed by atoms with Gasteiger partial charge in [-0.1, -0.05) is 29.8 Å². The lowest BCUT2D eigenvalue weighted by molar-refractivity contribution is -0.117.